The molecule has 3 aromatic rings. The van der Waals surface area contributed by atoms with Crippen LogP contribution in [0.3, 0.4) is 0 Å². The third-order valence-corrected chi connectivity index (χ3v) is 18.1. The minimum atomic E-state index is -2.10. The van der Waals surface area contributed by atoms with E-state index in [4.69, 9.17) is 45.8 Å². The van der Waals surface area contributed by atoms with Gasteiger partial charge in [-0.2, -0.15) is 0 Å². The molecule has 101 heavy (non-hydrogen) atoms. The lowest BCUT2D eigenvalue weighted by atomic mass is 9.81. The first kappa shape index (κ1) is 83.2. The second-order valence-electron chi connectivity index (χ2n) is 26.1. The van der Waals surface area contributed by atoms with Crippen LogP contribution in [0, 0.1) is 11.8 Å². The van der Waals surface area contributed by atoms with E-state index in [2.05, 4.69) is 37.3 Å². The third kappa shape index (κ3) is 25.3. The van der Waals surface area contributed by atoms with Crippen LogP contribution in [0.5, 0.6) is 5.75 Å². The molecule has 2 aliphatic rings. The van der Waals surface area contributed by atoms with Gasteiger partial charge >= 0.3 is 24.1 Å². The number of aryl methyl sites for hydroxylation is 1. The van der Waals surface area contributed by atoms with Crippen molar-refractivity contribution in [1.29, 1.82) is 0 Å². The molecule has 560 valence electrons. The second kappa shape index (κ2) is 39.7. The number of carboxylic acids is 1. The lowest BCUT2D eigenvalue weighted by molar-refractivity contribution is -0.177. The Kier molecular flexibility index (Phi) is 32.7. The zero-order valence-corrected chi connectivity index (χ0v) is 60.6. The average Bonchev–Trinajstić information content (AvgIpc) is 1.68. The van der Waals surface area contributed by atoms with Gasteiger partial charge in [-0.05, 0) is 107 Å². The average molecular weight is 1440 g/mol. The lowest BCUT2D eigenvalue weighted by Crippen LogP contribution is -2.63. The number of carboxylic acid groups (broad SMARTS) is 1. The number of para-hydroxylation sites is 1. The Hall–Kier alpha value is -8.43. The molecule has 0 unspecified atom stereocenters. The van der Waals surface area contributed by atoms with Crippen molar-refractivity contribution in [3.63, 3.8) is 0 Å². The van der Waals surface area contributed by atoms with E-state index in [0.29, 0.717) is 25.1 Å². The van der Waals surface area contributed by atoms with Gasteiger partial charge in [0.1, 0.15) is 53.3 Å². The van der Waals surface area contributed by atoms with Gasteiger partial charge in [0.15, 0.2) is 5.72 Å². The Morgan fingerprint density at radius 1 is 0.871 bits per heavy atom. The van der Waals surface area contributed by atoms with Gasteiger partial charge in [-0.1, -0.05) is 74.4 Å². The number of hydrogen-bond donors (Lipinski definition) is 11. The number of ether oxygens (including phenoxy) is 6. The SMILES string of the molecule is CNN(C)Cc1cc2ccccc2n1CCC(=O)N[C@@H](CCC(=O)O)C(=O)NCCOCCOCCC(=O)N[C@H](C(=O)N[C@@H](CCCNC(N)=O)C(=O)N(C)[C@@H](C)C(=O)O[C@H]1CC(=O)N(C)c2cc(cc(OC)c2Cl)C/C(C)=C/C=C/[C@@H](OC)[C@@]2(O)C[C@H](OC(=O)N2)[C@@H](C)C[C@@]1(C)O)C(C)C. The molecule has 4 bridgehead atoms. The number of methoxy groups -OCH3 is 2. The van der Waals surface area contributed by atoms with Gasteiger partial charge in [0, 0.05) is 84.8 Å². The van der Waals surface area contributed by atoms with Crippen LogP contribution in [0.2, 0.25) is 5.02 Å². The monoisotopic (exact) mass is 1440 g/mol. The number of likely N-dealkylation sites (N-methyl/N-ethyl adjacent to an activating group) is 1. The molecular weight excluding hydrogens is 1340 g/mol. The van der Waals surface area contributed by atoms with Gasteiger partial charge in [-0.3, -0.25) is 44.3 Å². The third-order valence-electron chi connectivity index (χ3n) is 17.7. The van der Waals surface area contributed by atoms with Crippen molar-refractivity contribution in [3.05, 3.63) is 82.5 Å². The largest absolute Gasteiger partial charge is 0.495 e. The molecular formula is C69H103ClN12O19. The van der Waals surface area contributed by atoms with Crippen molar-refractivity contribution in [2.45, 2.75) is 173 Å². The number of halogens is 1. The van der Waals surface area contributed by atoms with Crippen molar-refractivity contribution in [2.75, 3.05) is 86.8 Å². The van der Waals surface area contributed by atoms with Gasteiger partial charge in [0.2, 0.25) is 35.4 Å². The summed E-state index contributed by atoms with van der Waals surface area (Å²) >= 11 is 6.84. The number of primary amides is 1. The number of esters is 1. The highest BCUT2D eigenvalue weighted by Crippen LogP contribution is 2.39. The molecule has 0 spiro atoms. The first-order chi connectivity index (χ1) is 47.7. The highest BCUT2D eigenvalue weighted by molar-refractivity contribution is 6.35. The Morgan fingerprint density at radius 3 is 2.23 bits per heavy atom. The van der Waals surface area contributed by atoms with Gasteiger partial charge in [-0.15, -0.1) is 0 Å². The number of urea groups is 1. The fraction of sp³-hybridized carbons (Fsp3) is 0.594. The van der Waals surface area contributed by atoms with E-state index in [1.165, 1.54) is 47.1 Å². The van der Waals surface area contributed by atoms with Crippen LogP contribution in [0.1, 0.15) is 111 Å². The number of carbonyl (C=O) groups is 10. The zero-order chi connectivity index (χ0) is 74.9. The van der Waals surface area contributed by atoms with Crippen LogP contribution in [0.15, 0.2) is 66.3 Å². The van der Waals surface area contributed by atoms with Crippen LogP contribution in [0.25, 0.3) is 10.9 Å². The summed E-state index contributed by atoms with van der Waals surface area (Å²) in [5.41, 5.74) is 7.95. The maximum atomic E-state index is 14.6. The highest BCUT2D eigenvalue weighted by atomic mass is 35.5. The maximum absolute atomic E-state index is 14.6. The van der Waals surface area contributed by atoms with Crippen LogP contribution >= 0.6 is 11.6 Å². The Morgan fingerprint density at radius 2 is 1.56 bits per heavy atom. The Balaban J connectivity index is 1.19. The predicted octanol–water partition coefficient (Wildman–Crippen LogP) is 3.07. The molecule has 9 amide bonds. The van der Waals surface area contributed by atoms with E-state index in [-0.39, 0.29) is 107 Å². The van der Waals surface area contributed by atoms with Crippen LogP contribution in [-0.2, 0) is 81.6 Å². The molecule has 1 fully saturated rings. The number of nitrogens with zero attached hydrogens (tertiary/aromatic N) is 4. The number of amides is 9. The number of carbonyl (C=O) groups excluding carboxylic acids is 9. The molecule has 5 rings (SSSR count). The number of aliphatic carboxylic acids is 1. The van der Waals surface area contributed by atoms with Gasteiger partial charge in [0.05, 0.1) is 57.8 Å². The number of nitrogens with two attached hydrogens (primary N) is 1. The fourth-order valence-electron chi connectivity index (χ4n) is 11.8. The first-order valence-corrected chi connectivity index (χ1v) is 34.0. The number of aromatic nitrogens is 1. The van der Waals surface area contributed by atoms with Gasteiger partial charge in [0.25, 0.3) is 0 Å². The minimum absolute atomic E-state index is 0.0115. The number of fused-ring (bicyclic) bond motifs is 5. The summed E-state index contributed by atoms with van der Waals surface area (Å²) in [6.07, 6.45) is -1.22. The summed E-state index contributed by atoms with van der Waals surface area (Å²) in [7, 11) is 9.20. The van der Waals surface area contributed by atoms with E-state index < -0.39 is 132 Å². The van der Waals surface area contributed by atoms with Gasteiger partial charge in [-0.25, -0.2) is 19.4 Å². The number of anilines is 1. The molecule has 2 aromatic carbocycles. The molecule has 3 heterocycles. The molecule has 31 nitrogen and oxygen atoms in total. The summed E-state index contributed by atoms with van der Waals surface area (Å²) in [5, 5.41) is 52.4. The normalized spacial score (nSPS) is 21.7. The number of benzene rings is 2. The molecule has 0 radical (unpaired) electrons. The predicted molar refractivity (Wildman–Crippen MR) is 374 cm³/mol. The number of alkyl carbamates (subject to hydrolysis) is 1. The summed E-state index contributed by atoms with van der Waals surface area (Å²) in [6, 6.07) is 7.24. The lowest BCUT2D eigenvalue weighted by Gasteiger charge is -2.43. The van der Waals surface area contributed by atoms with E-state index in [1.54, 1.807) is 58.2 Å². The number of hydrazine groups is 1. The summed E-state index contributed by atoms with van der Waals surface area (Å²) in [6.45, 7) is 10.4. The number of nitrogens with one attached hydrogen (secondary N) is 7. The Bertz CT molecular complexity index is 3420. The molecule has 0 aliphatic carbocycles. The van der Waals surface area contributed by atoms with Crippen molar-refractivity contribution >= 4 is 87.7 Å². The van der Waals surface area contributed by atoms with Crippen LogP contribution in [-0.4, -0.2) is 225 Å². The van der Waals surface area contributed by atoms with Crippen molar-refractivity contribution in [1.82, 2.24) is 51.8 Å². The molecule has 1 saturated heterocycles. The summed E-state index contributed by atoms with van der Waals surface area (Å²) in [5.74, 6) is -7.10. The topological polar surface area (TPSA) is 412 Å². The number of rotatable bonds is 34. The van der Waals surface area contributed by atoms with E-state index in [0.717, 1.165) is 27.1 Å². The second-order valence-corrected chi connectivity index (χ2v) is 26.5. The summed E-state index contributed by atoms with van der Waals surface area (Å²) in [4.78, 5) is 136. The van der Waals surface area contributed by atoms with Crippen molar-refractivity contribution in [3.8, 4) is 5.75 Å². The first-order valence-electron chi connectivity index (χ1n) is 33.7. The molecule has 12 N–H and O–H groups in total. The fourth-order valence-corrected chi connectivity index (χ4v) is 12.1. The quantitative estimate of drug-likeness (QED) is 0.0232. The highest BCUT2D eigenvalue weighted by Gasteiger charge is 2.49. The van der Waals surface area contributed by atoms with Gasteiger partial charge < -0.3 is 90.4 Å². The molecule has 2 aliphatic heterocycles. The van der Waals surface area contributed by atoms with E-state index >= 15 is 0 Å². The zero-order valence-electron chi connectivity index (χ0n) is 59.8. The standard InChI is InChI=1S/C69H103ClN12O19/c1-41(2)61(77-57(84)25-29-98-31-32-99-30-27-73-62(88)48(22-23-59(86)87)75-56(83)24-28-82-47(40-79(8)72-7)36-46-18-13-14-20-50(46)82)63(89)76-49(19-16-26-74-66(71)92)64(90)80(9)44(5)65(91)101-55-37-58(85)81(10)51-34-45(35-52(96-11)60(51)70)33-42(3)17-15-21-54(97-12)69(95)39-53(100-67(93)78-69)43(4)38-68(55,6)94/h13-15,17-18,20-21,34-36,41,43-44,48-49,53-55,61,72,94-95H,16,19,22-33,37-40H2,1-12H3,(H,73,88)(H,75,83)(H,76,89)(H,77,84)(H,78,93)(H,86,87)(H3,71,74,92)/b21-15+,42-17+/t43-,44-,48-,49-,53-,54+,55-,61-,68+,69-/m0/s1. The molecule has 10 atom stereocenters. The van der Waals surface area contributed by atoms with E-state index in [9.17, 15) is 63.3 Å². The number of allylic oxidation sites excluding steroid dienone is 3. The van der Waals surface area contributed by atoms with Crippen LogP contribution in [0.4, 0.5) is 15.3 Å². The van der Waals surface area contributed by atoms with Crippen molar-refractivity contribution in [2.24, 2.45) is 17.6 Å². The van der Waals surface area contributed by atoms with Crippen molar-refractivity contribution < 1.29 is 91.7 Å². The number of aliphatic hydroxyl groups is 2. The minimum Gasteiger partial charge on any atom is -0.495 e. The maximum Gasteiger partial charge on any atom is 0.409 e. The molecule has 0 saturated carbocycles. The summed E-state index contributed by atoms with van der Waals surface area (Å²) < 4.78 is 36.2. The molecule has 1 aromatic heterocycles. The van der Waals surface area contributed by atoms with E-state index in [1.807, 2.05) is 53.9 Å². The van der Waals surface area contributed by atoms with Crippen LogP contribution < -0.4 is 52.7 Å². The smallest absolute Gasteiger partial charge is 0.409 e. The number of hydrogen-bond acceptors (Lipinski definition) is 20. The Labute approximate surface area is 594 Å². The molecule has 32 heteroatoms.